The molecule has 0 aromatic carbocycles. The fraction of sp³-hybridized carbons (Fsp3) is 0.286. The van der Waals surface area contributed by atoms with Gasteiger partial charge in [0.05, 0.1) is 5.88 Å². The molecule has 0 bridgehead atoms. The molecule has 62 valence electrons. The van der Waals surface area contributed by atoms with Crippen LogP contribution in [0.5, 0.6) is 0 Å². The summed E-state index contributed by atoms with van der Waals surface area (Å²) >= 11 is 5.53. The second-order valence-electron chi connectivity index (χ2n) is 2.08. The largest absolute Gasteiger partial charge is 0.364 e. The van der Waals surface area contributed by atoms with E-state index in [-0.39, 0.29) is 17.8 Å². The highest BCUT2D eigenvalue weighted by Gasteiger charge is 1.97. The first-order valence-electron chi connectivity index (χ1n) is 2.99. The molecule has 0 saturated carbocycles. The van der Waals surface area contributed by atoms with Crippen molar-refractivity contribution in [3.8, 4) is 0 Å². The number of nitrogens with one attached hydrogen (secondary N) is 1. The standard InChI is InChI=1S/C7H8ClNO.ClH/c1-5-6(4-8)9-3-2-7(5)10;/h2-3H,4H2,1H3,(H,9,10);1H. The van der Waals surface area contributed by atoms with Crippen LogP contribution in [-0.4, -0.2) is 4.98 Å². The summed E-state index contributed by atoms with van der Waals surface area (Å²) in [5, 5.41) is 0. The second kappa shape index (κ2) is 4.42. The Bertz CT molecular complexity index is 282. The monoisotopic (exact) mass is 193 g/mol. The van der Waals surface area contributed by atoms with Crippen LogP contribution >= 0.6 is 24.0 Å². The van der Waals surface area contributed by atoms with E-state index in [2.05, 4.69) is 4.98 Å². The minimum absolute atomic E-state index is 0. The van der Waals surface area contributed by atoms with Gasteiger partial charge in [-0.05, 0) is 6.92 Å². The van der Waals surface area contributed by atoms with Crippen LogP contribution in [0.25, 0.3) is 0 Å². The molecule has 0 atom stereocenters. The molecule has 0 aliphatic carbocycles. The summed E-state index contributed by atoms with van der Waals surface area (Å²) in [4.78, 5) is 13.8. The second-order valence-corrected chi connectivity index (χ2v) is 2.35. The van der Waals surface area contributed by atoms with Crippen LogP contribution in [0.15, 0.2) is 17.1 Å². The number of alkyl halides is 1. The van der Waals surface area contributed by atoms with Crippen LogP contribution in [0.3, 0.4) is 0 Å². The highest BCUT2D eigenvalue weighted by atomic mass is 35.5. The highest BCUT2D eigenvalue weighted by molar-refractivity contribution is 6.16. The van der Waals surface area contributed by atoms with E-state index in [1.807, 2.05) is 0 Å². The topological polar surface area (TPSA) is 32.9 Å². The Balaban J connectivity index is 0.000001000. The molecule has 1 N–H and O–H groups in total. The number of halogens is 2. The first-order valence-corrected chi connectivity index (χ1v) is 3.52. The fourth-order valence-electron chi connectivity index (χ4n) is 0.739. The Hall–Kier alpha value is -0.470. The van der Waals surface area contributed by atoms with E-state index in [1.54, 1.807) is 13.1 Å². The molecular weight excluding hydrogens is 185 g/mol. The third-order valence-corrected chi connectivity index (χ3v) is 1.72. The molecule has 11 heavy (non-hydrogen) atoms. The third kappa shape index (κ3) is 2.24. The molecule has 1 aromatic heterocycles. The quantitative estimate of drug-likeness (QED) is 0.679. The van der Waals surface area contributed by atoms with Crippen molar-refractivity contribution in [2.24, 2.45) is 0 Å². The van der Waals surface area contributed by atoms with Crippen molar-refractivity contribution in [3.05, 3.63) is 33.7 Å². The molecule has 0 fully saturated rings. The van der Waals surface area contributed by atoms with Gasteiger partial charge in [0, 0.05) is 23.5 Å². The molecule has 0 radical (unpaired) electrons. The minimum Gasteiger partial charge on any atom is -0.364 e. The smallest absolute Gasteiger partial charge is 0.184 e. The number of hydrogen-bond acceptors (Lipinski definition) is 1. The first kappa shape index (κ1) is 10.5. The lowest BCUT2D eigenvalue weighted by Gasteiger charge is -1.97. The molecule has 1 aromatic rings. The normalized spacial score (nSPS) is 8.91. The molecule has 0 saturated heterocycles. The zero-order valence-corrected chi connectivity index (χ0v) is 7.63. The lowest BCUT2D eigenvalue weighted by Crippen LogP contribution is -2.07. The number of pyridine rings is 1. The van der Waals surface area contributed by atoms with Crippen molar-refractivity contribution >= 4 is 24.0 Å². The fourth-order valence-corrected chi connectivity index (χ4v) is 1.02. The number of aromatic nitrogens is 1. The number of hydrogen-bond donors (Lipinski definition) is 1. The number of aromatic amines is 1. The molecule has 1 rings (SSSR count). The van der Waals surface area contributed by atoms with E-state index in [4.69, 9.17) is 11.6 Å². The maximum Gasteiger partial charge on any atom is 0.184 e. The van der Waals surface area contributed by atoms with Crippen molar-refractivity contribution in [2.45, 2.75) is 12.8 Å². The molecule has 0 aliphatic rings. The average molecular weight is 194 g/mol. The zero-order valence-electron chi connectivity index (χ0n) is 6.06. The van der Waals surface area contributed by atoms with Gasteiger partial charge in [0.2, 0.25) is 0 Å². The molecule has 0 aliphatic heterocycles. The molecule has 0 amide bonds. The van der Waals surface area contributed by atoms with Gasteiger partial charge < -0.3 is 4.98 Å². The summed E-state index contributed by atoms with van der Waals surface area (Å²) in [7, 11) is 0. The van der Waals surface area contributed by atoms with Gasteiger partial charge in [0.15, 0.2) is 5.43 Å². The SMILES string of the molecule is Cc1c(CCl)[nH]ccc1=O.Cl. The zero-order chi connectivity index (χ0) is 7.56. The summed E-state index contributed by atoms with van der Waals surface area (Å²) in [5.41, 5.74) is 1.54. The van der Waals surface area contributed by atoms with Gasteiger partial charge in [-0.15, -0.1) is 24.0 Å². The van der Waals surface area contributed by atoms with Crippen molar-refractivity contribution in [1.82, 2.24) is 4.98 Å². The van der Waals surface area contributed by atoms with Crippen LogP contribution in [-0.2, 0) is 5.88 Å². The maximum atomic E-state index is 10.9. The lowest BCUT2D eigenvalue weighted by atomic mass is 10.2. The maximum absolute atomic E-state index is 10.9. The van der Waals surface area contributed by atoms with Gasteiger partial charge in [-0.25, -0.2) is 0 Å². The van der Waals surface area contributed by atoms with Crippen molar-refractivity contribution < 1.29 is 0 Å². The molecule has 4 heteroatoms. The summed E-state index contributed by atoms with van der Waals surface area (Å²) in [6, 6.07) is 1.49. The third-order valence-electron chi connectivity index (χ3n) is 1.45. The van der Waals surface area contributed by atoms with E-state index in [9.17, 15) is 4.79 Å². The molecule has 0 spiro atoms. The predicted molar refractivity (Wildman–Crippen MR) is 48.6 cm³/mol. The number of H-pyrrole nitrogens is 1. The van der Waals surface area contributed by atoms with Crippen LogP contribution in [0.2, 0.25) is 0 Å². The Morgan fingerprint density at radius 2 is 2.27 bits per heavy atom. The van der Waals surface area contributed by atoms with E-state index in [1.165, 1.54) is 6.07 Å². The first-order chi connectivity index (χ1) is 4.75. The van der Waals surface area contributed by atoms with Gasteiger partial charge in [0.1, 0.15) is 0 Å². The van der Waals surface area contributed by atoms with Crippen molar-refractivity contribution in [1.29, 1.82) is 0 Å². The minimum atomic E-state index is 0. The summed E-state index contributed by atoms with van der Waals surface area (Å²) in [6.45, 7) is 1.76. The van der Waals surface area contributed by atoms with E-state index in [0.717, 1.165) is 5.69 Å². The highest BCUT2D eigenvalue weighted by Crippen LogP contribution is 2.00. The summed E-state index contributed by atoms with van der Waals surface area (Å²) in [5.74, 6) is 0.363. The van der Waals surface area contributed by atoms with Crippen LogP contribution in [0.1, 0.15) is 11.3 Å². The molecule has 2 nitrogen and oxygen atoms in total. The molecule has 0 unspecified atom stereocenters. The Morgan fingerprint density at radius 3 is 2.73 bits per heavy atom. The van der Waals surface area contributed by atoms with Gasteiger partial charge in [-0.3, -0.25) is 4.79 Å². The van der Waals surface area contributed by atoms with Gasteiger partial charge in [-0.2, -0.15) is 0 Å². The van der Waals surface area contributed by atoms with Crippen molar-refractivity contribution in [2.75, 3.05) is 0 Å². The van der Waals surface area contributed by atoms with Gasteiger partial charge in [-0.1, -0.05) is 0 Å². The van der Waals surface area contributed by atoms with Crippen LogP contribution in [0.4, 0.5) is 0 Å². The molecular formula is C7H9Cl2NO. The van der Waals surface area contributed by atoms with Crippen LogP contribution < -0.4 is 5.43 Å². The van der Waals surface area contributed by atoms with Crippen molar-refractivity contribution in [3.63, 3.8) is 0 Å². The van der Waals surface area contributed by atoms with Gasteiger partial charge in [0.25, 0.3) is 0 Å². The summed E-state index contributed by atoms with van der Waals surface area (Å²) < 4.78 is 0. The average Bonchev–Trinajstić information content (AvgIpc) is 1.95. The lowest BCUT2D eigenvalue weighted by molar-refractivity contribution is 1.10. The summed E-state index contributed by atoms with van der Waals surface area (Å²) in [6.07, 6.45) is 1.60. The number of rotatable bonds is 1. The van der Waals surface area contributed by atoms with Crippen LogP contribution in [0, 0.1) is 6.92 Å². The molecule has 1 heterocycles. The van der Waals surface area contributed by atoms with Gasteiger partial charge >= 0.3 is 0 Å². The Labute approximate surface area is 76.0 Å². The van der Waals surface area contributed by atoms with E-state index >= 15 is 0 Å². The predicted octanol–water partition coefficient (Wildman–Crippen LogP) is 1.84. The Morgan fingerprint density at radius 1 is 1.64 bits per heavy atom. The van der Waals surface area contributed by atoms with E-state index in [0.29, 0.717) is 11.4 Å². The van der Waals surface area contributed by atoms with E-state index < -0.39 is 0 Å². The Kier molecular flexibility index (Phi) is 4.23.